The van der Waals surface area contributed by atoms with Gasteiger partial charge in [0.2, 0.25) is 0 Å². The van der Waals surface area contributed by atoms with Crippen molar-refractivity contribution in [3.05, 3.63) is 35.9 Å². The van der Waals surface area contributed by atoms with Gasteiger partial charge >= 0.3 is 18.1 Å². The predicted octanol–water partition coefficient (Wildman–Crippen LogP) is 0.0343. The summed E-state index contributed by atoms with van der Waals surface area (Å²) in [5.41, 5.74) is 5.59. The van der Waals surface area contributed by atoms with Crippen LogP contribution in [-0.2, 0) is 16.1 Å². The van der Waals surface area contributed by atoms with Gasteiger partial charge in [-0.05, 0) is 5.56 Å². The van der Waals surface area contributed by atoms with E-state index < -0.39 is 24.1 Å². The fourth-order valence-corrected chi connectivity index (χ4v) is 1.31. The lowest BCUT2D eigenvalue weighted by molar-refractivity contribution is -0.139. The van der Waals surface area contributed by atoms with Crippen molar-refractivity contribution in [3.8, 4) is 0 Å². The summed E-state index contributed by atoms with van der Waals surface area (Å²) in [6, 6.07) is 6.72. The van der Waals surface area contributed by atoms with Crippen LogP contribution < -0.4 is 16.4 Å². The van der Waals surface area contributed by atoms with Crippen molar-refractivity contribution in [1.29, 1.82) is 0 Å². The average molecular weight is 281 g/mol. The minimum absolute atomic E-state index is 0.0161. The molecule has 0 saturated heterocycles. The summed E-state index contributed by atoms with van der Waals surface area (Å²) in [5, 5.41) is 13.1. The van der Waals surface area contributed by atoms with Gasteiger partial charge in [-0.2, -0.15) is 0 Å². The van der Waals surface area contributed by atoms with Gasteiger partial charge in [0.25, 0.3) is 0 Å². The van der Waals surface area contributed by atoms with Crippen LogP contribution >= 0.6 is 0 Å². The second-order valence-corrected chi connectivity index (χ2v) is 3.84. The topological polar surface area (TPSA) is 131 Å². The summed E-state index contributed by atoms with van der Waals surface area (Å²) in [4.78, 5) is 32.8. The Hall–Kier alpha value is -2.77. The summed E-state index contributed by atoms with van der Waals surface area (Å²) in [6.45, 7) is -0.312. The minimum Gasteiger partial charge on any atom is -0.480 e. The molecule has 1 atom stereocenters. The maximum atomic E-state index is 11.4. The number of benzene rings is 1. The molecular weight excluding hydrogens is 266 g/mol. The first kappa shape index (κ1) is 15.3. The molecule has 0 fully saturated rings. The van der Waals surface area contributed by atoms with Crippen LogP contribution in [0.3, 0.4) is 0 Å². The number of nitrogens with one attached hydrogen (secondary N) is 2. The molecule has 0 saturated carbocycles. The second-order valence-electron chi connectivity index (χ2n) is 3.84. The van der Waals surface area contributed by atoms with Crippen molar-refractivity contribution in [2.75, 3.05) is 6.54 Å². The van der Waals surface area contributed by atoms with Crippen LogP contribution in [0.25, 0.3) is 0 Å². The van der Waals surface area contributed by atoms with Gasteiger partial charge in [-0.15, -0.1) is 0 Å². The number of aliphatic carboxylic acids is 1. The van der Waals surface area contributed by atoms with Crippen LogP contribution in [0.15, 0.2) is 30.3 Å². The first-order valence-corrected chi connectivity index (χ1v) is 5.72. The predicted molar refractivity (Wildman–Crippen MR) is 68.8 cm³/mol. The van der Waals surface area contributed by atoms with Gasteiger partial charge in [-0.1, -0.05) is 30.3 Å². The van der Waals surface area contributed by atoms with E-state index in [1.54, 1.807) is 24.3 Å². The summed E-state index contributed by atoms with van der Waals surface area (Å²) in [6.07, 6.45) is -0.896. The smallest absolute Gasteiger partial charge is 0.408 e. The fourth-order valence-electron chi connectivity index (χ4n) is 1.31. The standard InChI is InChI=1S/C12H15N3O5/c13-11(18)14-6-9(10(16)17)15-12(19)20-7-8-4-2-1-3-5-8/h1-5,9H,6-7H2,(H,15,19)(H,16,17)(H3,13,14,18)/t9-/m1/s1. The van der Waals surface area contributed by atoms with Gasteiger partial charge < -0.3 is 26.2 Å². The Morgan fingerprint density at radius 3 is 2.45 bits per heavy atom. The average Bonchev–Trinajstić information content (AvgIpc) is 2.41. The second kappa shape index (κ2) is 7.62. The van der Waals surface area contributed by atoms with Crippen molar-refractivity contribution in [2.45, 2.75) is 12.6 Å². The van der Waals surface area contributed by atoms with Crippen molar-refractivity contribution < 1.29 is 24.2 Å². The van der Waals surface area contributed by atoms with E-state index in [1.165, 1.54) is 0 Å². The first-order chi connectivity index (χ1) is 9.49. The lowest BCUT2D eigenvalue weighted by Gasteiger charge is -2.14. The highest BCUT2D eigenvalue weighted by Gasteiger charge is 2.20. The zero-order chi connectivity index (χ0) is 15.0. The molecule has 108 valence electrons. The molecule has 1 aromatic carbocycles. The number of amides is 3. The highest BCUT2D eigenvalue weighted by atomic mass is 16.5. The number of carbonyl (C=O) groups is 3. The Morgan fingerprint density at radius 2 is 1.90 bits per heavy atom. The van der Waals surface area contributed by atoms with E-state index in [0.717, 1.165) is 5.56 Å². The van der Waals surface area contributed by atoms with Crippen LogP contribution in [0.4, 0.5) is 9.59 Å². The molecule has 5 N–H and O–H groups in total. The minimum atomic E-state index is -1.31. The largest absolute Gasteiger partial charge is 0.480 e. The molecule has 20 heavy (non-hydrogen) atoms. The SMILES string of the molecule is NC(=O)NC[C@@H](NC(=O)OCc1ccccc1)C(=O)O. The lowest BCUT2D eigenvalue weighted by atomic mass is 10.2. The molecule has 8 nitrogen and oxygen atoms in total. The maximum absolute atomic E-state index is 11.4. The molecule has 0 unspecified atom stereocenters. The summed E-state index contributed by atoms with van der Waals surface area (Å²) in [5.74, 6) is -1.31. The quantitative estimate of drug-likeness (QED) is 0.584. The number of carboxylic acids is 1. The molecule has 1 aromatic rings. The Bertz CT molecular complexity index is 477. The zero-order valence-electron chi connectivity index (χ0n) is 10.5. The summed E-state index contributed by atoms with van der Waals surface area (Å²) in [7, 11) is 0. The molecule has 3 amide bonds. The van der Waals surface area contributed by atoms with E-state index in [1.807, 2.05) is 6.07 Å². The molecular formula is C12H15N3O5. The third kappa shape index (κ3) is 5.71. The molecule has 0 radical (unpaired) electrons. The molecule has 0 aromatic heterocycles. The Kier molecular flexibility index (Phi) is 5.82. The number of urea groups is 1. The van der Waals surface area contributed by atoms with Crippen LogP contribution in [0.5, 0.6) is 0 Å². The van der Waals surface area contributed by atoms with Crippen molar-refractivity contribution in [1.82, 2.24) is 10.6 Å². The molecule has 8 heteroatoms. The number of rotatable bonds is 6. The van der Waals surface area contributed by atoms with Crippen LogP contribution in [0.2, 0.25) is 0 Å². The monoisotopic (exact) mass is 281 g/mol. The van der Waals surface area contributed by atoms with Crippen LogP contribution in [0.1, 0.15) is 5.56 Å². The molecule has 0 aliphatic heterocycles. The molecule has 0 spiro atoms. The van der Waals surface area contributed by atoms with Crippen molar-refractivity contribution in [2.24, 2.45) is 5.73 Å². The highest BCUT2D eigenvalue weighted by molar-refractivity contribution is 5.81. The molecule has 0 bridgehead atoms. The van der Waals surface area contributed by atoms with E-state index in [9.17, 15) is 14.4 Å². The van der Waals surface area contributed by atoms with Gasteiger partial charge in [-0.3, -0.25) is 0 Å². The number of hydrogen-bond acceptors (Lipinski definition) is 4. The molecule has 0 aliphatic carbocycles. The van der Waals surface area contributed by atoms with Gasteiger partial charge in [0.05, 0.1) is 6.54 Å². The van der Waals surface area contributed by atoms with Gasteiger partial charge in [0.1, 0.15) is 12.6 Å². The third-order valence-electron chi connectivity index (χ3n) is 2.28. The zero-order valence-corrected chi connectivity index (χ0v) is 10.5. The van der Waals surface area contributed by atoms with Gasteiger partial charge in [0, 0.05) is 0 Å². The number of hydrogen-bond donors (Lipinski definition) is 4. The third-order valence-corrected chi connectivity index (χ3v) is 2.28. The van der Waals surface area contributed by atoms with E-state index in [-0.39, 0.29) is 13.2 Å². The van der Waals surface area contributed by atoms with Crippen molar-refractivity contribution in [3.63, 3.8) is 0 Å². The summed E-state index contributed by atoms with van der Waals surface area (Å²) >= 11 is 0. The number of carboxylic acid groups (broad SMARTS) is 1. The Labute approximate surface area is 114 Å². The first-order valence-electron chi connectivity index (χ1n) is 5.72. The molecule has 0 aliphatic rings. The number of primary amides is 1. The highest BCUT2D eigenvalue weighted by Crippen LogP contribution is 2.00. The van der Waals surface area contributed by atoms with Crippen LogP contribution in [0, 0.1) is 0 Å². The normalized spacial score (nSPS) is 11.2. The molecule has 0 heterocycles. The van der Waals surface area contributed by atoms with E-state index >= 15 is 0 Å². The molecule has 1 rings (SSSR count). The Morgan fingerprint density at radius 1 is 1.25 bits per heavy atom. The van der Waals surface area contributed by atoms with Gasteiger partial charge in [0.15, 0.2) is 0 Å². The van der Waals surface area contributed by atoms with Crippen LogP contribution in [-0.4, -0.2) is 35.8 Å². The number of ether oxygens (including phenoxy) is 1. The maximum Gasteiger partial charge on any atom is 0.408 e. The van der Waals surface area contributed by atoms with E-state index in [0.29, 0.717) is 0 Å². The lowest BCUT2D eigenvalue weighted by Crippen LogP contribution is -2.49. The summed E-state index contributed by atoms with van der Waals surface area (Å²) < 4.78 is 4.86. The van der Waals surface area contributed by atoms with Crippen molar-refractivity contribution >= 4 is 18.1 Å². The number of carbonyl (C=O) groups excluding carboxylic acids is 2. The van der Waals surface area contributed by atoms with E-state index in [2.05, 4.69) is 10.6 Å². The number of alkyl carbamates (subject to hydrolysis) is 1. The number of nitrogens with two attached hydrogens (primary N) is 1. The van der Waals surface area contributed by atoms with E-state index in [4.69, 9.17) is 15.6 Å². The van der Waals surface area contributed by atoms with Gasteiger partial charge in [-0.25, -0.2) is 14.4 Å². The fraction of sp³-hybridized carbons (Fsp3) is 0.250. The Balaban J connectivity index is 2.41.